The third-order valence-electron chi connectivity index (χ3n) is 6.54. The number of fused-ring (bicyclic) bond motifs is 1. The molecule has 1 aliphatic heterocycles. The van der Waals surface area contributed by atoms with Gasteiger partial charge in [-0.15, -0.1) is 0 Å². The van der Waals surface area contributed by atoms with Crippen LogP contribution in [0.2, 0.25) is 0 Å². The zero-order valence-corrected chi connectivity index (χ0v) is 23.2. The van der Waals surface area contributed by atoms with Crippen LogP contribution < -0.4 is 10.3 Å². The predicted molar refractivity (Wildman–Crippen MR) is 141 cm³/mol. The van der Waals surface area contributed by atoms with E-state index < -0.39 is 21.9 Å². The van der Waals surface area contributed by atoms with Gasteiger partial charge < -0.3 is 24.1 Å². The number of methoxy groups -OCH3 is 2. The normalized spacial score (nSPS) is 16.2. The highest BCUT2D eigenvalue weighted by Crippen LogP contribution is 2.31. The fraction of sp³-hybridized carbons (Fsp3) is 0.583. The fourth-order valence-corrected chi connectivity index (χ4v) is 5.95. The highest BCUT2D eigenvalue weighted by atomic mass is 32.2. The average molecular weight is 550 g/mol. The van der Waals surface area contributed by atoms with Crippen LogP contribution >= 0.6 is 0 Å². The Morgan fingerprint density at radius 1 is 1.13 bits per heavy atom. The van der Waals surface area contributed by atoms with E-state index in [4.69, 9.17) is 14.2 Å². The summed E-state index contributed by atoms with van der Waals surface area (Å²) >= 11 is 0. The molecule has 1 unspecified atom stereocenters. The Kier molecular flexibility index (Phi) is 8.78. The van der Waals surface area contributed by atoms with Crippen molar-refractivity contribution in [2.24, 2.45) is 7.05 Å². The molecule has 0 aromatic carbocycles. The first-order chi connectivity index (χ1) is 18.2. The van der Waals surface area contributed by atoms with Gasteiger partial charge in [0, 0.05) is 47.4 Å². The largest absolute Gasteiger partial charge is 0.445 e. The lowest BCUT2D eigenvalue weighted by molar-refractivity contribution is -0.0949. The number of H-pyrrole nitrogens is 1. The number of hydrogen-bond donors (Lipinski definition) is 1. The Morgan fingerprint density at radius 2 is 1.87 bits per heavy atom. The van der Waals surface area contributed by atoms with Crippen molar-refractivity contribution >= 4 is 21.1 Å². The second-order valence-electron chi connectivity index (χ2n) is 9.04. The van der Waals surface area contributed by atoms with Crippen molar-refractivity contribution in [3.8, 4) is 17.3 Å². The fourth-order valence-electron chi connectivity index (χ4n) is 4.56. The smallest absolute Gasteiger partial charge is 0.279 e. The molecular weight excluding hydrogens is 514 g/mol. The van der Waals surface area contributed by atoms with E-state index >= 15 is 0 Å². The van der Waals surface area contributed by atoms with Crippen molar-refractivity contribution in [1.82, 2.24) is 33.9 Å². The summed E-state index contributed by atoms with van der Waals surface area (Å²) in [6, 6.07) is 1.43. The summed E-state index contributed by atoms with van der Waals surface area (Å²) in [6.07, 6.45) is 2.05. The second kappa shape index (κ2) is 11.9. The number of sulfonamides is 1. The number of aromatic nitrogens is 5. The minimum absolute atomic E-state index is 0.0193. The van der Waals surface area contributed by atoms with E-state index in [1.807, 2.05) is 6.92 Å². The first-order valence-electron chi connectivity index (χ1n) is 12.6. The molecule has 3 aromatic rings. The first-order valence-corrected chi connectivity index (χ1v) is 14.0. The third kappa shape index (κ3) is 5.59. The Bertz CT molecular complexity index is 1430. The number of hydrogen-bond acceptors (Lipinski definition) is 10. The Morgan fingerprint density at radius 3 is 2.50 bits per heavy atom. The monoisotopic (exact) mass is 549 g/mol. The van der Waals surface area contributed by atoms with Crippen LogP contribution in [0.4, 0.5) is 0 Å². The molecule has 0 saturated carbocycles. The molecule has 0 aliphatic carbocycles. The summed E-state index contributed by atoms with van der Waals surface area (Å²) in [4.78, 5) is 26.9. The van der Waals surface area contributed by atoms with Crippen molar-refractivity contribution in [3.05, 3.63) is 28.3 Å². The standard InChI is InChI=1S/C24H35N7O6S/c1-6-8-30-9-11-31(12-10-30)38(33,34)16-13-17(24(25-14-16)37-19(36-5)15-35-4)22-26-20-18(7-2)29(3)28-21(20)23(32)27-22/h13-14,19H,6-12,15H2,1-5H3,(H,26,27,32). The van der Waals surface area contributed by atoms with Crippen molar-refractivity contribution in [3.63, 3.8) is 0 Å². The molecule has 208 valence electrons. The van der Waals surface area contributed by atoms with Crippen LogP contribution in [-0.2, 0) is 33.0 Å². The van der Waals surface area contributed by atoms with Crippen LogP contribution in [-0.4, -0.2) is 102 Å². The van der Waals surface area contributed by atoms with E-state index in [2.05, 4.69) is 31.9 Å². The minimum Gasteiger partial charge on any atom is -0.445 e. The van der Waals surface area contributed by atoms with Crippen molar-refractivity contribution in [1.29, 1.82) is 0 Å². The van der Waals surface area contributed by atoms with Gasteiger partial charge in [-0.25, -0.2) is 18.4 Å². The number of nitrogens with one attached hydrogen (secondary N) is 1. The molecule has 0 radical (unpaired) electrons. The van der Waals surface area contributed by atoms with E-state index in [0.717, 1.165) is 18.7 Å². The van der Waals surface area contributed by atoms with Gasteiger partial charge in [0.15, 0.2) is 5.52 Å². The van der Waals surface area contributed by atoms with Crippen LogP contribution in [0.15, 0.2) is 22.0 Å². The number of aromatic amines is 1. The molecule has 13 nitrogen and oxygen atoms in total. The molecule has 0 spiro atoms. The first kappa shape index (κ1) is 28.1. The number of piperazine rings is 1. The number of ether oxygens (including phenoxy) is 3. The number of rotatable bonds is 11. The van der Waals surface area contributed by atoms with Crippen LogP contribution in [0.25, 0.3) is 22.4 Å². The molecule has 38 heavy (non-hydrogen) atoms. The zero-order valence-electron chi connectivity index (χ0n) is 22.4. The molecule has 14 heteroatoms. The molecule has 1 atom stereocenters. The predicted octanol–water partition coefficient (Wildman–Crippen LogP) is 0.995. The Labute approximate surface area is 221 Å². The van der Waals surface area contributed by atoms with Crippen molar-refractivity contribution in [2.45, 2.75) is 37.9 Å². The lowest BCUT2D eigenvalue weighted by atomic mass is 10.2. The van der Waals surface area contributed by atoms with Gasteiger partial charge in [0.2, 0.25) is 22.2 Å². The maximum atomic E-state index is 13.6. The Balaban J connectivity index is 1.80. The number of pyridine rings is 1. The van der Waals surface area contributed by atoms with Crippen molar-refractivity contribution in [2.75, 3.05) is 53.6 Å². The van der Waals surface area contributed by atoms with Gasteiger partial charge in [-0.1, -0.05) is 13.8 Å². The zero-order chi connectivity index (χ0) is 27.4. The average Bonchev–Trinajstić information content (AvgIpc) is 3.24. The van der Waals surface area contributed by atoms with Gasteiger partial charge in [0.1, 0.15) is 22.8 Å². The molecule has 0 amide bonds. The molecule has 1 fully saturated rings. The summed E-state index contributed by atoms with van der Waals surface area (Å²) in [5.74, 6) is 0.162. The van der Waals surface area contributed by atoms with Crippen molar-refractivity contribution < 1.29 is 22.6 Å². The summed E-state index contributed by atoms with van der Waals surface area (Å²) in [5, 5.41) is 4.28. The SMILES string of the molecule is CCCN1CCN(S(=O)(=O)c2cnc(OC(COC)OC)c(-c3nc4c(CC)n(C)nc4c(=O)[nH]3)c2)CC1. The lowest BCUT2D eigenvalue weighted by Crippen LogP contribution is -2.48. The van der Waals surface area contributed by atoms with Crippen LogP contribution in [0.3, 0.4) is 0 Å². The molecule has 4 heterocycles. The van der Waals surface area contributed by atoms with Gasteiger partial charge in [-0.3, -0.25) is 9.48 Å². The van der Waals surface area contributed by atoms with Gasteiger partial charge in [0.25, 0.3) is 5.56 Å². The molecule has 3 aromatic heterocycles. The van der Waals surface area contributed by atoms with Crippen LogP contribution in [0, 0.1) is 0 Å². The van der Waals surface area contributed by atoms with E-state index in [0.29, 0.717) is 38.1 Å². The van der Waals surface area contributed by atoms with Gasteiger partial charge in [0.05, 0.1) is 17.5 Å². The molecule has 1 N–H and O–H groups in total. The lowest BCUT2D eigenvalue weighted by Gasteiger charge is -2.33. The van der Waals surface area contributed by atoms with E-state index in [1.54, 1.807) is 11.7 Å². The maximum Gasteiger partial charge on any atom is 0.279 e. The quantitative estimate of drug-likeness (QED) is 0.344. The third-order valence-corrected chi connectivity index (χ3v) is 8.41. The van der Waals surface area contributed by atoms with E-state index in [9.17, 15) is 13.2 Å². The number of aryl methyl sites for hydroxylation is 2. The summed E-state index contributed by atoms with van der Waals surface area (Å²) in [5.41, 5.74) is 1.16. The molecule has 4 rings (SSSR count). The van der Waals surface area contributed by atoms with E-state index in [1.165, 1.54) is 30.8 Å². The maximum absolute atomic E-state index is 13.6. The summed E-state index contributed by atoms with van der Waals surface area (Å²) < 4.78 is 46.6. The van der Waals surface area contributed by atoms with E-state index in [-0.39, 0.29) is 34.3 Å². The Hall–Kier alpha value is -2.91. The molecule has 0 bridgehead atoms. The van der Waals surface area contributed by atoms with Crippen LogP contribution in [0.1, 0.15) is 26.0 Å². The topological polar surface area (TPSA) is 145 Å². The molecule has 1 aliphatic rings. The van der Waals surface area contributed by atoms with Gasteiger partial charge >= 0.3 is 0 Å². The summed E-state index contributed by atoms with van der Waals surface area (Å²) in [7, 11) is 0.846. The minimum atomic E-state index is -3.86. The molecular formula is C24H35N7O6S. The second-order valence-corrected chi connectivity index (χ2v) is 11.0. The number of nitrogens with zero attached hydrogens (tertiary/aromatic N) is 6. The van der Waals surface area contributed by atoms with Crippen LogP contribution in [0.5, 0.6) is 5.88 Å². The highest BCUT2D eigenvalue weighted by molar-refractivity contribution is 7.89. The summed E-state index contributed by atoms with van der Waals surface area (Å²) in [6.45, 7) is 7.16. The van der Waals surface area contributed by atoms with Gasteiger partial charge in [-0.05, 0) is 25.5 Å². The molecule has 1 saturated heterocycles. The van der Waals surface area contributed by atoms with Gasteiger partial charge in [-0.2, -0.15) is 9.40 Å². The highest BCUT2D eigenvalue weighted by Gasteiger charge is 2.30.